The zero-order valence-electron chi connectivity index (χ0n) is 10.8. The third-order valence-corrected chi connectivity index (χ3v) is 2.02. The summed E-state index contributed by atoms with van der Waals surface area (Å²) in [6.07, 6.45) is 2.36. The number of benzene rings is 1. The second-order valence-corrected chi connectivity index (χ2v) is 3.29. The van der Waals surface area contributed by atoms with Crippen molar-refractivity contribution in [3.63, 3.8) is 0 Å². The smallest absolute Gasteiger partial charge is 0.269 e. The first-order valence-electron chi connectivity index (χ1n) is 6.08. The molecule has 0 saturated heterocycles. The number of hydrogen-bond donors (Lipinski definition) is 1. The van der Waals surface area contributed by atoms with Gasteiger partial charge in [0.05, 0.1) is 4.92 Å². The van der Waals surface area contributed by atoms with Crippen LogP contribution in [0, 0.1) is 22.0 Å². The topological polar surface area (TPSA) is 63.4 Å². The number of nitrogens with zero attached hydrogens (tertiary/aromatic N) is 1. The average Bonchev–Trinajstić information content (AvgIpc) is 2.41. The van der Waals surface area contributed by atoms with E-state index in [4.69, 9.17) is 5.11 Å². The predicted octanol–water partition coefficient (Wildman–Crippen LogP) is 3.14. The van der Waals surface area contributed by atoms with Gasteiger partial charge in [0.25, 0.3) is 5.69 Å². The third kappa shape index (κ3) is 6.66. The maximum absolute atomic E-state index is 10.4. The molecule has 1 rings (SSSR count). The summed E-state index contributed by atoms with van der Waals surface area (Å²) < 4.78 is 0. The maximum atomic E-state index is 10.4. The third-order valence-electron chi connectivity index (χ3n) is 2.02. The molecule has 0 radical (unpaired) electrons. The van der Waals surface area contributed by atoms with E-state index in [1.165, 1.54) is 12.1 Å². The second-order valence-electron chi connectivity index (χ2n) is 3.29. The highest BCUT2D eigenvalue weighted by molar-refractivity contribution is 5.40. The van der Waals surface area contributed by atoms with Gasteiger partial charge in [0.2, 0.25) is 0 Å². The predicted molar refractivity (Wildman–Crippen MR) is 72.3 cm³/mol. The van der Waals surface area contributed by atoms with Gasteiger partial charge in [0.15, 0.2) is 0 Å². The lowest BCUT2D eigenvalue weighted by Gasteiger charge is -1.91. The van der Waals surface area contributed by atoms with Crippen LogP contribution in [0.2, 0.25) is 0 Å². The van der Waals surface area contributed by atoms with E-state index in [2.05, 4.69) is 11.8 Å². The molecule has 1 aromatic carbocycles. The molecular formula is C14H19NO3. The van der Waals surface area contributed by atoms with Gasteiger partial charge in [0.1, 0.15) is 0 Å². The molecule has 0 aliphatic carbocycles. The summed E-state index contributed by atoms with van der Waals surface area (Å²) in [5.41, 5.74) is 0.848. The molecule has 0 amide bonds. The largest absolute Gasteiger partial charge is 0.396 e. The molecule has 0 aromatic heterocycles. The lowest BCUT2D eigenvalue weighted by Crippen LogP contribution is -1.86. The minimum Gasteiger partial charge on any atom is -0.396 e. The van der Waals surface area contributed by atoms with Crippen molar-refractivity contribution in [3.05, 3.63) is 39.9 Å². The monoisotopic (exact) mass is 249 g/mol. The number of aliphatic hydroxyl groups excluding tert-OH is 1. The Bertz CT molecular complexity index is 401. The molecule has 0 saturated carbocycles. The van der Waals surface area contributed by atoms with Crippen molar-refractivity contribution in [2.24, 2.45) is 0 Å². The number of aliphatic hydroxyl groups is 1. The summed E-state index contributed by atoms with van der Waals surface area (Å²) in [6, 6.07) is 6.16. The number of rotatable bonds is 4. The van der Waals surface area contributed by atoms with E-state index >= 15 is 0 Å². The molecule has 4 heteroatoms. The van der Waals surface area contributed by atoms with Gasteiger partial charge < -0.3 is 5.11 Å². The van der Waals surface area contributed by atoms with Crippen LogP contribution in [-0.2, 0) is 0 Å². The van der Waals surface area contributed by atoms with Crippen molar-refractivity contribution in [2.75, 3.05) is 6.61 Å². The van der Waals surface area contributed by atoms with Crippen LogP contribution in [0.1, 0.15) is 38.7 Å². The van der Waals surface area contributed by atoms with Crippen LogP contribution >= 0.6 is 0 Å². The molecule has 0 aliphatic rings. The van der Waals surface area contributed by atoms with Crippen LogP contribution < -0.4 is 0 Å². The van der Waals surface area contributed by atoms with Crippen LogP contribution in [0.25, 0.3) is 0 Å². The molecule has 0 heterocycles. The first kappa shape index (κ1) is 16.1. The fourth-order valence-corrected chi connectivity index (χ4v) is 1.16. The Morgan fingerprint density at radius 1 is 1.22 bits per heavy atom. The van der Waals surface area contributed by atoms with E-state index in [9.17, 15) is 10.1 Å². The van der Waals surface area contributed by atoms with E-state index in [-0.39, 0.29) is 12.3 Å². The van der Waals surface area contributed by atoms with Gasteiger partial charge in [-0.25, -0.2) is 0 Å². The fourth-order valence-electron chi connectivity index (χ4n) is 1.16. The first-order valence-corrected chi connectivity index (χ1v) is 6.08. The number of nitro benzene ring substituents is 1. The van der Waals surface area contributed by atoms with Crippen molar-refractivity contribution in [1.29, 1.82) is 0 Å². The van der Waals surface area contributed by atoms with E-state index in [0.717, 1.165) is 24.8 Å². The molecule has 18 heavy (non-hydrogen) atoms. The molecule has 0 spiro atoms. The molecule has 0 aliphatic heterocycles. The first-order chi connectivity index (χ1) is 8.74. The summed E-state index contributed by atoms with van der Waals surface area (Å²) in [7, 11) is 0. The van der Waals surface area contributed by atoms with Gasteiger partial charge in [-0.1, -0.05) is 25.7 Å². The Morgan fingerprint density at radius 2 is 1.83 bits per heavy atom. The molecule has 1 N–H and O–H groups in total. The number of unbranched alkanes of at least 4 members (excludes halogenated alkanes) is 2. The molecule has 0 bridgehead atoms. The molecule has 98 valence electrons. The maximum Gasteiger partial charge on any atom is 0.269 e. The molecular weight excluding hydrogens is 230 g/mol. The zero-order valence-corrected chi connectivity index (χ0v) is 10.8. The van der Waals surface area contributed by atoms with Crippen LogP contribution in [0.15, 0.2) is 24.3 Å². The molecule has 1 aromatic rings. The highest BCUT2D eigenvalue weighted by atomic mass is 16.6. The van der Waals surface area contributed by atoms with Gasteiger partial charge in [-0.3, -0.25) is 10.1 Å². The van der Waals surface area contributed by atoms with Crippen LogP contribution in [0.4, 0.5) is 5.69 Å². The van der Waals surface area contributed by atoms with Crippen LogP contribution in [0.5, 0.6) is 0 Å². The molecule has 0 fully saturated rings. The van der Waals surface area contributed by atoms with Crippen molar-refractivity contribution in [1.82, 2.24) is 0 Å². The lowest BCUT2D eigenvalue weighted by molar-refractivity contribution is -0.384. The van der Waals surface area contributed by atoms with E-state index < -0.39 is 4.92 Å². The van der Waals surface area contributed by atoms with Gasteiger partial charge >= 0.3 is 0 Å². The van der Waals surface area contributed by atoms with Crippen molar-refractivity contribution in [3.8, 4) is 11.8 Å². The fraction of sp³-hybridized carbons (Fsp3) is 0.429. The van der Waals surface area contributed by atoms with Crippen LogP contribution in [0.3, 0.4) is 0 Å². The molecule has 0 atom stereocenters. The normalized spacial score (nSPS) is 8.61. The minimum absolute atomic E-state index is 0.0748. The van der Waals surface area contributed by atoms with E-state index in [1.807, 2.05) is 13.8 Å². The lowest BCUT2D eigenvalue weighted by atomic mass is 10.2. The Balaban J connectivity index is 0.00000137. The summed E-state index contributed by atoms with van der Waals surface area (Å²) in [6.45, 7) is 4.19. The van der Waals surface area contributed by atoms with Crippen LogP contribution in [-0.4, -0.2) is 16.6 Å². The number of hydrogen-bond acceptors (Lipinski definition) is 3. The Kier molecular flexibility index (Phi) is 9.24. The summed E-state index contributed by atoms with van der Waals surface area (Å²) >= 11 is 0. The Morgan fingerprint density at radius 3 is 2.33 bits per heavy atom. The standard InChI is InChI=1S/C12H13NO3.C2H6/c14-10-4-2-1-3-5-11-6-8-12(9-7-11)13(15)16;1-2/h6-9,14H,1-2,4,10H2;1-2H3. The zero-order chi connectivity index (χ0) is 13.8. The summed E-state index contributed by atoms with van der Waals surface area (Å²) in [5.74, 6) is 5.87. The summed E-state index contributed by atoms with van der Waals surface area (Å²) in [4.78, 5) is 9.96. The van der Waals surface area contributed by atoms with Crippen molar-refractivity contribution >= 4 is 5.69 Å². The van der Waals surface area contributed by atoms with Crippen molar-refractivity contribution < 1.29 is 10.0 Å². The average molecular weight is 249 g/mol. The summed E-state index contributed by atoms with van der Waals surface area (Å²) in [5, 5.41) is 18.9. The van der Waals surface area contributed by atoms with E-state index in [1.54, 1.807) is 12.1 Å². The Hall–Kier alpha value is -1.86. The highest BCUT2D eigenvalue weighted by Gasteiger charge is 2.01. The quantitative estimate of drug-likeness (QED) is 0.386. The van der Waals surface area contributed by atoms with E-state index in [0.29, 0.717) is 0 Å². The second kappa shape index (κ2) is 10.3. The van der Waals surface area contributed by atoms with Gasteiger partial charge in [0, 0.05) is 30.7 Å². The van der Waals surface area contributed by atoms with Gasteiger partial charge in [-0.15, -0.1) is 0 Å². The highest BCUT2D eigenvalue weighted by Crippen LogP contribution is 2.10. The Labute approximate surface area is 108 Å². The molecule has 0 unspecified atom stereocenters. The number of nitro groups is 1. The number of non-ortho nitro benzene ring substituents is 1. The van der Waals surface area contributed by atoms with Gasteiger partial charge in [-0.05, 0) is 25.0 Å². The molecule has 4 nitrogen and oxygen atoms in total. The minimum atomic E-state index is -0.432. The SMILES string of the molecule is CC.O=[N+]([O-])c1ccc(C#CCCCCO)cc1. The van der Waals surface area contributed by atoms with Gasteiger partial charge in [-0.2, -0.15) is 0 Å². The van der Waals surface area contributed by atoms with Crippen molar-refractivity contribution in [2.45, 2.75) is 33.1 Å².